The van der Waals surface area contributed by atoms with Crippen LogP contribution in [-0.2, 0) is 14.4 Å². The third kappa shape index (κ3) is 15.5. The van der Waals surface area contributed by atoms with Crippen LogP contribution < -0.4 is 99.9 Å². The SMILES string of the molecule is NNC(=O)CC(O)(CC(=O)O)C(=O)O.O.O.[H-].[H-].[H-].[Na+].[Na+].[Na+]. The number of carboxylic acid groups (broad SMARTS) is 2. The van der Waals surface area contributed by atoms with Crippen LogP contribution in [0.2, 0.25) is 0 Å². The zero-order valence-corrected chi connectivity index (χ0v) is 17.1. The first-order chi connectivity index (χ1) is 6.31. The molecule has 1 unspecified atom stereocenters. The van der Waals surface area contributed by atoms with E-state index in [4.69, 9.17) is 10.2 Å². The van der Waals surface area contributed by atoms with Crippen LogP contribution in [0.1, 0.15) is 17.1 Å². The van der Waals surface area contributed by atoms with Gasteiger partial charge in [-0.05, 0) is 0 Å². The molecule has 1 atom stereocenters. The Morgan fingerprint density at radius 3 is 1.63 bits per heavy atom. The maximum atomic E-state index is 10.7. The molecule has 1 amide bonds. The van der Waals surface area contributed by atoms with E-state index in [0.717, 1.165) is 0 Å². The Morgan fingerprint density at radius 1 is 1.05 bits per heavy atom. The molecule has 102 valence electrons. The smallest absolute Gasteiger partial charge is 1.00 e. The van der Waals surface area contributed by atoms with E-state index < -0.39 is 36.3 Å². The summed E-state index contributed by atoms with van der Waals surface area (Å²) in [5.41, 5.74) is -1.04. The van der Waals surface area contributed by atoms with Crippen LogP contribution in [0.25, 0.3) is 0 Å². The second kappa shape index (κ2) is 17.3. The number of hydrazine groups is 1. The molecule has 10 nitrogen and oxygen atoms in total. The molecule has 0 spiro atoms. The Balaban J connectivity index is -0.0000000302. The summed E-state index contributed by atoms with van der Waals surface area (Å²) in [6, 6.07) is 0. The number of carbonyl (C=O) groups is 3. The molecule has 19 heavy (non-hydrogen) atoms. The number of nitrogens with one attached hydrogen (secondary N) is 1. The molecule has 0 aromatic heterocycles. The summed E-state index contributed by atoms with van der Waals surface area (Å²) in [7, 11) is 0. The van der Waals surface area contributed by atoms with Crippen molar-refractivity contribution in [3.8, 4) is 0 Å². The van der Waals surface area contributed by atoms with Crippen LogP contribution in [0.3, 0.4) is 0 Å². The minimum atomic E-state index is -2.63. The predicted molar refractivity (Wildman–Crippen MR) is 52.3 cm³/mol. The second-order valence-corrected chi connectivity index (χ2v) is 2.65. The second-order valence-electron chi connectivity index (χ2n) is 2.65. The van der Waals surface area contributed by atoms with Gasteiger partial charge in [-0.15, -0.1) is 0 Å². The molecule has 0 saturated heterocycles. The number of rotatable bonds is 5. The molecule has 0 fully saturated rings. The first-order valence-electron chi connectivity index (χ1n) is 3.49. The van der Waals surface area contributed by atoms with Crippen molar-refractivity contribution in [2.24, 2.45) is 5.84 Å². The molecular formula is C6H17N2Na3O8. The Kier molecular flexibility index (Phi) is 33.7. The van der Waals surface area contributed by atoms with E-state index in [1.165, 1.54) is 0 Å². The number of nitrogens with two attached hydrogens (primary N) is 1. The quantitative estimate of drug-likeness (QED) is 0.143. The first-order valence-corrected chi connectivity index (χ1v) is 3.49. The fourth-order valence-corrected chi connectivity index (χ4v) is 0.781. The van der Waals surface area contributed by atoms with Gasteiger partial charge < -0.3 is 30.6 Å². The minimum absolute atomic E-state index is 0. The summed E-state index contributed by atoms with van der Waals surface area (Å²) < 4.78 is 0. The number of aliphatic hydroxyl groups is 1. The fraction of sp³-hybridized carbons (Fsp3) is 0.500. The van der Waals surface area contributed by atoms with E-state index in [1.54, 1.807) is 5.43 Å². The first kappa shape index (κ1) is 37.0. The van der Waals surface area contributed by atoms with Crippen LogP contribution in [0.5, 0.6) is 0 Å². The van der Waals surface area contributed by atoms with Crippen molar-refractivity contribution in [2.45, 2.75) is 18.4 Å². The number of aliphatic carboxylic acids is 2. The van der Waals surface area contributed by atoms with E-state index in [1.807, 2.05) is 0 Å². The van der Waals surface area contributed by atoms with Gasteiger partial charge in [0.25, 0.3) is 0 Å². The molecule has 0 saturated carbocycles. The molecule has 0 aliphatic carbocycles. The summed E-state index contributed by atoms with van der Waals surface area (Å²) in [5.74, 6) is 0.381. The van der Waals surface area contributed by atoms with Gasteiger partial charge in [0, 0.05) is 0 Å². The monoisotopic (exact) mass is 314 g/mol. The van der Waals surface area contributed by atoms with Gasteiger partial charge in [0.15, 0.2) is 5.60 Å². The molecule has 0 radical (unpaired) electrons. The van der Waals surface area contributed by atoms with E-state index in [9.17, 15) is 19.5 Å². The summed E-state index contributed by atoms with van der Waals surface area (Å²) in [5, 5.41) is 26.1. The van der Waals surface area contributed by atoms with E-state index >= 15 is 0 Å². The largest absolute Gasteiger partial charge is 1.00 e. The average molecular weight is 314 g/mol. The zero-order valence-electron chi connectivity index (χ0n) is 14.1. The van der Waals surface area contributed by atoms with E-state index in [0.29, 0.717) is 0 Å². The molecule has 0 aromatic carbocycles. The number of carbonyl (C=O) groups excluding carboxylic acids is 1. The number of carboxylic acids is 2. The maximum absolute atomic E-state index is 10.7. The van der Waals surface area contributed by atoms with Gasteiger partial charge in [-0.1, -0.05) is 0 Å². The van der Waals surface area contributed by atoms with Gasteiger partial charge in [0.05, 0.1) is 12.8 Å². The van der Waals surface area contributed by atoms with Gasteiger partial charge in [-0.2, -0.15) is 0 Å². The van der Waals surface area contributed by atoms with Crippen molar-refractivity contribution >= 4 is 17.8 Å². The van der Waals surface area contributed by atoms with Crippen molar-refractivity contribution in [2.75, 3.05) is 0 Å². The van der Waals surface area contributed by atoms with E-state index in [2.05, 4.69) is 5.84 Å². The predicted octanol–water partition coefficient (Wildman–Crippen LogP) is -12.6. The molecule has 0 aliphatic rings. The topological polar surface area (TPSA) is 213 Å². The summed E-state index contributed by atoms with van der Waals surface area (Å²) in [6.45, 7) is 0. The van der Waals surface area contributed by atoms with Crippen LogP contribution in [-0.4, -0.2) is 49.7 Å². The molecule has 0 heterocycles. The molecule has 10 N–H and O–H groups in total. The molecule has 0 bridgehead atoms. The fourth-order valence-electron chi connectivity index (χ4n) is 0.781. The van der Waals surface area contributed by atoms with Gasteiger partial charge in [-0.25, -0.2) is 10.6 Å². The van der Waals surface area contributed by atoms with Gasteiger partial charge in [-0.3, -0.25) is 15.0 Å². The molecule has 0 rings (SSSR count). The maximum Gasteiger partial charge on any atom is 1.00 e. The standard InChI is InChI=1S/C6H10N2O6.3Na.2H2O.3H/c7-8-3(9)1-6(14,5(12)13)2-4(10)11;;;;;;;;/h14H,1-2,7H2,(H,8,9)(H,10,11)(H,12,13);;;;2*1H2;;;/q;3*+1;;;3*-1. The van der Waals surface area contributed by atoms with E-state index in [-0.39, 0.29) is 104 Å². The third-order valence-electron chi connectivity index (χ3n) is 1.46. The molecule has 0 aliphatic heterocycles. The van der Waals surface area contributed by atoms with Gasteiger partial charge in [0.1, 0.15) is 0 Å². The minimum Gasteiger partial charge on any atom is -1.00 e. The van der Waals surface area contributed by atoms with Crippen LogP contribution in [0, 0.1) is 0 Å². The van der Waals surface area contributed by atoms with Crippen LogP contribution in [0.15, 0.2) is 0 Å². The molecular weight excluding hydrogens is 297 g/mol. The molecule has 0 aromatic rings. The Morgan fingerprint density at radius 2 is 1.42 bits per heavy atom. The zero-order chi connectivity index (χ0) is 11.4. The van der Waals surface area contributed by atoms with Gasteiger partial charge in [0.2, 0.25) is 5.91 Å². The summed E-state index contributed by atoms with van der Waals surface area (Å²) in [6.07, 6.45) is -1.99. The summed E-state index contributed by atoms with van der Waals surface area (Å²) >= 11 is 0. The van der Waals surface area contributed by atoms with Crippen molar-refractivity contribution in [1.82, 2.24) is 5.43 Å². The Labute approximate surface area is 179 Å². The average Bonchev–Trinajstić information content (AvgIpc) is 2.02. The third-order valence-corrected chi connectivity index (χ3v) is 1.46. The van der Waals surface area contributed by atoms with Crippen LogP contribution in [0.4, 0.5) is 0 Å². The Bertz CT molecular complexity index is 292. The molecule has 13 heteroatoms. The van der Waals surface area contributed by atoms with Crippen molar-refractivity contribution in [3.63, 3.8) is 0 Å². The van der Waals surface area contributed by atoms with Crippen molar-refractivity contribution < 1.29 is 134 Å². The van der Waals surface area contributed by atoms with Crippen LogP contribution >= 0.6 is 0 Å². The Hall–Kier alpha value is 1.25. The summed E-state index contributed by atoms with van der Waals surface area (Å²) in [4.78, 5) is 31.3. The number of amides is 1. The number of hydrogen-bond acceptors (Lipinski definition) is 5. The van der Waals surface area contributed by atoms with Crippen molar-refractivity contribution in [1.29, 1.82) is 0 Å². The van der Waals surface area contributed by atoms with Crippen molar-refractivity contribution in [3.05, 3.63) is 0 Å². The van der Waals surface area contributed by atoms with Gasteiger partial charge >= 0.3 is 101 Å². The number of hydrogen-bond donors (Lipinski definition) is 5. The normalized spacial score (nSPS) is 10.4.